The van der Waals surface area contributed by atoms with Gasteiger partial charge in [-0.15, -0.1) is 0 Å². The quantitative estimate of drug-likeness (QED) is 0.811. The molecule has 0 aliphatic carbocycles. The number of benzene rings is 1. The summed E-state index contributed by atoms with van der Waals surface area (Å²) in [6.45, 7) is 2.34. The van der Waals surface area contributed by atoms with Crippen LogP contribution >= 0.6 is 0 Å². The van der Waals surface area contributed by atoms with Gasteiger partial charge in [-0.1, -0.05) is 12.1 Å². The highest BCUT2D eigenvalue weighted by Gasteiger charge is 2.36. The van der Waals surface area contributed by atoms with Crippen LogP contribution < -0.4 is 0 Å². The normalized spacial score (nSPS) is 14.5. The number of nitrogens with zero attached hydrogens (tertiary/aromatic N) is 3. The fourth-order valence-corrected chi connectivity index (χ4v) is 2.68. The molecule has 1 amide bonds. The van der Waals surface area contributed by atoms with Gasteiger partial charge in [-0.2, -0.15) is 13.2 Å². The Hall–Kier alpha value is -2.44. The average molecular weight is 321 g/mol. The van der Waals surface area contributed by atoms with Crippen LogP contribution in [0.5, 0.6) is 0 Å². The maximum absolute atomic E-state index is 13.1. The van der Waals surface area contributed by atoms with E-state index in [-0.39, 0.29) is 12.1 Å². The zero-order chi connectivity index (χ0) is 16.6. The molecule has 0 fully saturated rings. The summed E-state index contributed by atoms with van der Waals surface area (Å²) in [5.41, 5.74) is 0.401. The molecule has 3 rings (SSSR count). The molecule has 2 aromatic rings. The van der Waals surface area contributed by atoms with Crippen LogP contribution in [0.1, 0.15) is 33.0 Å². The fraction of sp³-hybridized carbons (Fsp3) is 0.312. The lowest BCUT2D eigenvalue weighted by Crippen LogP contribution is -2.37. The Morgan fingerprint density at radius 1 is 1.26 bits per heavy atom. The molecule has 0 spiro atoms. The first-order chi connectivity index (χ1) is 10.9. The Morgan fingerprint density at radius 2 is 2.00 bits per heavy atom. The second kappa shape index (κ2) is 5.64. The molecule has 0 radical (unpaired) electrons. The van der Waals surface area contributed by atoms with Crippen molar-refractivity contribution >= 4 is 5.91 Å². The number of rotatable bonds is 1. The summed E-state index contributed by atoms with van der Waals surface area (Å²) in [7, 11) is 0. The third-order valence-electron chi connectivity index (χ3n) is 3.80. The van der Waals surface area contributed by atoms with E-state index in [4.69, 9.17) is 0 Å². The number of aromatic nitrogens is 2. The van der Waals surface area contributed by atoms with Gasteiger partial charge in [0.05, 0.1) is 16.8 Å². The summed E-state index contributed by atoms with van der Waals surface area (Å²) in [5, 5.41) is 0. The van der Waals surface area contributed by atoms with E-state index in [1.54, 1.807) is 13.1 Å². The lowest BCUT2D eigenvalue weighted by Gasteiger charge is -2.29. The lowest BCUT2D eigenvalue weighted by atomic mass is 10.0. The molecule has 4 nitrogen and oxygen atoms in total. The van der Waals surface area contributed by atoms with Crippen molar-refractivity contribution in [2.45, 2.75) is 26.1 Å². The number of hydrogen-bond acceptors (Lipinski definition) is 3. The Balaban J connectivity index is 1.90. The molecule has 0 unspecified atom stereocenters. The molecule has 0 saturated heterocycles. The van der Waals surface area contributed by atoms with E-state index in [2.05, 4.69) is 9.97 Å². The summed E-state index contributed by atoms with van der Waals surface area (Å²) in [4.78, 5) is 22.3. The highest BCUT2D eigenvalue weighted by atomic mass is 19.4. The predicted molar refractivity (Wildman–Crippen MR) is 76.7 cm³/mol. The van der Waals surface area contributed by atoms with Crippen LogP contribution in [0.15, 0.2) is 30.5 Å². The summed E-state index contributed by atoms with van der Waals surface area (Å²) >= 11 is 0. The van der Waals surface area contributed by atoms with Crippen molar-refractivity contribution in [2.75, 3.05) is 6.54 Å². The SMILES string of the molecule is Cc1ncc2c(n1)CCN(C(=O)c1ccccc1C(F)(F)F)C2. The first-order valence-corrected chi connectivity index (χ1v) is 7.13. The molecule has 0 atom stereocenters. The van der Waals surface area contributed by atoms with Gasteiger partial charge in [-0.3, -0.25) is 4.79 Å². The highest BCUT2D eigenvalue weighted by molar-refractivity contribution is 5.96. The van der Waals surface area contributed by atoms with Crippen molar-refractivity contribution < 1.29 is 18.0 Å². The topological polar surface area (TPSA) is 46.1 Å². The first-order valence-electron chi connectivity index (χ1n) is 7.13. The molecule has 120 valence electrons. The maximum atomic E-state index is 13.1. The molecule has 7 heteroatoms. The van der Waals surface area contributed by atoms with Crippen LogP contribution in [-0.4, -0.2) is 27.3 Å². The summed E-state index contributed by atoms with van der Waals surface area (Å²) < 4.78 is 39.2. The van der Waals surface area contributed by atoms with Crippen LogP contribution in [0.3, 0.4) is 0 Å². The Labute approximate surface area is 131 Å². The molecule has 0 bridgehead atoms. The summed E-state index contributed by atoms with van der Waals surface area (Å²) in [5.74, 6) is 0.0232. The number of amides is 1. The minimum Gasteiger partial charge on any atom is -0.334 e. The van der Waals surface area contributed by atoms with Crippen LogP contribution in [0.2, 0.25) is 0 Å². The molecule has 23 heavy (non-hydrogen) atoms. The molecule has 2 heterocycles. The Bertz CT molecular complexity index is 758. The van der Waals surface area contributed by atoms with Gasteiger partial charge in [0, 0.05) is 31.3 Å². The molecule has 1 aliphatic rings. The van der Waals surface area contributed by atoms with Crippen molar-refractivity contribution in [1.82, 2.24) is 14.9 Å². The molecular formula is C16H14F3N3O. The van der Waals surface area contributed by atoms with Crippen LogP contribution in [0.4, 0.5) is 13.2 Å². The Morgan fingerprint density at radius 3 is 2.74 bits per heavy atom. The third-order valence-corrected chi connectivity index (χ3v) is 3.80. The van der Waals surface area contributed by atoms with E-state index in [9.17, 15) is 18.0 Å². The number of fused-ring (bicyclic) bond motifs is 1. The summed E-state index contributed by atoms with van der Waals surface area (Å²) in [6.07, 6.45) is -2.41. The van der Waals surface area contributed by atoms with Gasteiger partial charge in [0.25, 0.3) is 5.91 Å². The summed E-state index contributed by atoms with van der Waals surface area (Å²) in [6, 6.07) is 4.86. The smallest absolute Gasteiger partial charge is 0.334 e. The van der Waals surface area contributed by atoms with Crippen molar-refractivity contribution in [1.29, 1.82) is 0 Å². The standard InChI is InChI=1S/C16H14F3N3O/c1-10-20-8-11-9-22(7-6-14(11)21-10)15(23)12-4-2-3-5-13(12)16(17,18)19/h2-5,8H,6-7,9H2,1H3. The minimum absolute atomic E-state index is 0.223. The second-order valence-electron chi connectivity index (χ2n) is 5.41. The monoisotopic (exact) mass is 321 g/mol. The van der Waals surface area contributed by atoms with E-state index in [1.165, 1.54) is 23.1 Å². The van der Waals surface area contributed by atoms with Crippen molar-refractivity contribution in [3.63, 3.8) is 0 Å². The van der Waals surface area contributed by atoms with Gasteiger partial charge in [0.1, 0.15) is 5.82 Å². The highest BCUT2D eigenvalue weighted by Crippen LogP contribution is 2.33. The number of aryl methyl sites for hydroxylation is 1. The van der Waals surface area contributed by atoms with Crippen molar-refractivity contribution in [3.05, 3.63) is 58.7 Å². The molecule has 1 aliphatic heterocycles. The van der Waals surface area contributed by atoms with Gasteiger partial charge in [0.15, 0.2) is 0 Å². The van der Waals surface area contributed by atoms with E-state index in [0.29, 0.717) is 18.8 Å². The minimum atomic E-state index is -4.56. The van der Waals surface area contributed by atoms with Crippen LogP contribution in [0.25, 0.3) is 0 Å². The average Bonchev–Trinajstić information content (AvgIpc) is 2.53. The zero-order valence-corrected chi connectivity index (χ0v) is 12.4. The predicted octanol–water partition coefficient (Wildman–Crippen LogP) is 3.00. The van der Waals surface area contributed by atoms with Gasteiger partial charge in [0.2, 0.25) is 0 Å². The van der Waals surface area contributed by atoms with E-state index in [0.717, 1.165) is 17.3 Å². The second-order valence-corrected chi connectivity index (χ2v) is 5.41. The Kier molecular flexibility index (Phi) is 3.79. The van der Waals surface area contributed by atoms with Gasteiger partial charge in [-0.05, 0) is 19.1 Å². The zero-order valence-electron chi connectivity index (χ0n) is 12.4. The number of carbonyl (C=O) groups excluding carboxylic acids is 1. The van der Waals surface area contributed by atoms with Crippen molar-refractivity contribution in [2.24, 2.45) is 0 Å². The van der Waals surface area contributed by atoms with Gasteiger partial charge in [-0.25, -0.2) is 9.97 Å². The number of alkyl halides is 3. The molecule has 0 N–H and O–H groups in total. The number of hydrogen-bond donors (Lipinski definition) is 0. The lowest BCUT2D eigenvalue weighted by molar-refractivity contribution is -0.138. The largest absolute Gasteiger partial charge is 0.417 e. The molecule has 1 aromatic heterocycles. The van der Waals surface area contributed by atoms with Crippen LogP contribution in [0, 0.1) is 6.92 Å². The van der Waals surface area contributed by atoms with E-state index >= 15 is 0 Å². The van der Waals surface area contributed by atoms with E-state index < -0.39 is 17.6 Å². The molecule has 0 saturated carbocycles. The third kappa shape index (κ3) is 3.04. The fourth-order valence-electron chi connectivity index (χ4n) is 2.68. The van der Waals surface area contributed by atoms with Crippen LogP contribution in [-0.2, 0) is 19.1 Å². The van der Waals surface area contributed by atoms with Crippen molar-refractivity contribution in [3.8, 4) is 0 Å². The van der Waals surface area contributed by atoms with Gasteiger partial charge < -0.3 is 4.90 Å². The number of halogens is 3. The first kappa shape index (κ1) is 15.5. The maximum Gasteiger partial charge on any atom is 0.417 e. The number of carbonyl (C=O) groups is 1. The van der Waals surface area contributed by atoms with Gasteiger partial charge >= 0.3 is 6.18 Å². The molecular weight excluding hydrogens is 307 g/mol. The van der Waals surface area contributed by atoms with E-state index in [1.807, 2.05) is 0 Å². The molecule has 1 aromatic carbocycles.